The predicted octanol–water partition coefficient (Wildman–Crippen LogP) is 4.41. The van der Waals surface area contributed by atoms with Crippen LogP contribution < -0.4 is 20.7 Å². The molecule has 254 valence electrons. The van der Waals surface area contributed by atoms with Crippen molar-refractivity contribution in [3.8, 4) is 5.75 Å². The lowest BCUT2D eigenvalue weighted by Crippen LogP contribution is -2.52. The van der Waals surface area contributed by atoms with Gasteiger partial charge in [-0.2, -0.15) is 0 Å². The molecular formula is C36H54N4O6. The van der Waals surface area contributed by atoms with E-state index in [2.05, 4.69) is 16.0 Å². The molecule has 10 heteroatoms. The van der Waals surface area contributed by atoms with Crippen molar-refractivity contribution in [2.75, 3.05) is 20.7 Å². The smallest absolute Gasteiger partial charge is 0.253 e. The zero-order valence-corrected chi connectivity index (χ0v) is 28.9. The van der Waals surface area contributed by atoms with Crippen LogP contribution in [-0.4, -0.2) is 72.5 Å². The Morgan fingerprint density at radius 3 is 2.09 bits per heavy atom. The summed E-state index contributed by atoms with van der Waals surface area (Å²) in [5, 5.41) is 19.9. The van der Waals surface area contributed by atoms with Gasteiger partial charge >= 0.3 is 0 Å². The number of amides is 4. The highest BCUT2D eigenvalue weighted by molar-refractivity contribution is 5.99. The molecule has 0 aliphatic carbocycles. The van der Waals surface area contributed by atoms with Gasteiger partial charge in [-0.15, -0.1) is 0 Å². The summed E-state index contributed by atoms with van der Waals surface area (Å²) in [6.45, 7) is 14.3. The monoisotopic (exact) mass is 638 g/mol. The van der Waals surface area contributed by atoms with Crippen LogP contribution in [-0.2, 0) is 16.1 Å². The number of carbonyl (C=O) groups excluding carboxylic acids is 4. The Bertz CT molecular complexity index is 1310. The molecular weight excluding hydrogens is 584 g/mol. The van der Waals surface area contributed by atoms with Gasteiger partial charge in [0.25, 0.3) is 11.8 Å². The van der Waals surface area contributed by atoms with Crippen LogP contribution in [0, 0.1) is 23.7 Å². The minimum Gasteiger partial charge on any atom is -0.497 e. The van der Waals surface area contributed by atoms with E-state index < -0.39 is 30.0 Å². The van der Waals surface area contributed by atoms with Crippen LogP contribution >= 0.6 is 0 Å². The summed E-state index contributed by atoms with van der Waals surface area (Å²) in [4.78, 5) is 54.0. The van der Waals surface area contributed by atoms with Crippen molar-refractivity contribution in [2.45, 2.75) is 86.0 Å². The minimum absolute atomic E-state index is 0.0928. The standard InChI is InChI=1S/C36H54N4O6/c1-22(2)16-30(31(41)17-25(7)33(42)39-32(24(5)6)35(44)37-20-23(3)4)38-34(43)27-13-11-14-28(19-27)36(45)40(8)21-26-12-10-15-29(18-26)46-9/h10-15,18-19,22-25,30-32,41H,16-17,20-21H2,1-9H3,(H,37,44)(H,38,43)(H,39,42). The van der Waals surface area contributed by atoms with Crippen LogP contribution in [0.1, 0.15) is 87.6 Å². The molecule has 4 N–H and O–H groups in total. The third kappa shape index (κ3) is 12.1. The molecule has 0 spiro atoms. The number of hydrogen-bond donors (Lipinski definition) is 4. The maximum absolute atomic E-state index is 13.4. The van der Waals surface area contributed by atoms with Crippen molar-refractivity contribution >= 4 is 23.6 Å². The van der Waals surface area contributed by atoms with E-state index in [9.17, 15) is 24.3 Å². The van der Waals surface area contributed by atoms with Crippen LogP contribution in [0.5, 0.6) is 5.75 Å². The molecule has 10 nitrogen and oxygen atoms in total. The van der Waals surface area contributed by atoms with Gasteiger partial charge in [0, 0.05) is 37.2 Å². The quantitative estimate of drug-likeness (QED) is 0.203. The van der Waals surface area contributed by atoms with Gasteiger partial charge in [0.15, 0.2) is 0 Å². The van der Waals surface area contributed by atoms with Crippen molar-refractivity contribution in [3.63, 3.8) is 0 Å². The molecule has 0 aliphatic heterocycles. The number of ether oxygens (including phenoxy) is 1. The highest BCUT2D eigenvalue weighted by atomic mass is 16.5. The van der Waals surface area contributed by atoms with Gasteiger partial charge in [-0.1, -0.05) is 66.7 Å². The van der Waals surface area contributed by atoms with Crippen molar-refractivity contribution in [1.29, 1.82) is 0 Å². The first-order chi connectivity index (χ1) is 21.6. The van der Waals surface area contributed by atoms with Crippen LogP contribution in [0.2, 0.25) is 0 Å². The zero-order valence-electron chi connectivity index (χ0n) is 28.9. The molecule has 0 fully saturated rings. The molecule has 0 saturated heterocycles. The number of methoxy groups -OCH3 is 1. The third-order valence-corrected chi connectivity index (χ3v) is 7.75. The van der Waals surface area contributed by atoms with Gasteiger partial charge in [0.05, 0.1) is 19.3 Å². The Kier molecular flexibility index (Phi) is 15.2. The fraction of sp³-hybridized carbons (Fsp3) is 0.556. The summed E-state index contributed by atoms with van der Waals surface area (Å²) in [5.41, 5.74) is 1.56. The molecule has 46 heavy (non-hydrogen) atoms. The van der Waals surface area contributed by atoms with E-state index in [1.54, 1.807) is 50.2 Å². The minimum atomic E-state index is -1.02. The molecule has 4 amide bonds. The number of aliphatic hydroxyl groups is 1. The molecule has 0 bridgehead atoms. The van der Waals surface area contributed by atoms with E-state index in [1.165, 1.54) is 0 Å². The van der Waals surface area contributed by atoms with Crippen molar-refractivity contribution in [1.82, 2.24) is 20.9 Å². The number of carbonyl (C=O) groups is 4. The van der Waals surface area contributed by atoms with Crippen molar-refractivity contribution < 1.29 is 29.0 Å². The molecule has 0 radical (unpaired) electrons. The summed E-state index contributed by atoms with van der Waals surface area (Å²) >= 11 is 0. The average Bonchev–Trinajstić information content (AvgIpc) is 3.01. The van der Waals surface area contributed by atoms with E-state index in [0.29, 0.717) is 36.4 Å². The fourth-order valence-electron chi connectivity index (χ4n) is 5.08. The maximum Gasteiger partial charge on any atom is 0.253 e. The number of hydrogen-bond acceptors (Lipinski definition) is 6. The number of benzene rings is 2. The molecule has 0 aromatic heterocycles. The normalized spacial score (nSPS) is 13.9. The molecule has 0 heterocycles. The molecule has 0 aliphatic rings. The highest BCUT2D eigenvalue weighted by Crippen LogP contribution is 2.19. The van der Waals surface area contributed by atoms with Crippen LogP contribution in [0.3, 0.4) is 0 Å². The van der Waals surface area contributed by atoms with Gasteiger partial charge in [-0.3, -0.25) is 19.2 Å². The Hall–Kier alpha value is -3.92. The summed E-state index contributed by atoms with van der Waals surface area (Å²) in [7, 11) is 3.29. The Labute approximate surface area is 274 Å². The van der Waals surface area contributed by atoms with Crippen LogP contribution in [0.4, 0.5) is 0 Å². The first-order valence-corrected chi connectivity index (χ1v) is 16.2. The van der Waals surface area contributed by atoms with Crippen LogP contribution in [0.25, 0.3) is 0 Å². The Morgan fingerprint density at radius 1 is 0.826 bits per heavy atom. The number of nitrogens with one attached hydrogen (secondary N) is 3. The van der Waals surface area contributed by atoms with E-state index in [4.69, 9.17) is 4.74 Å². The molecule has 4 atom stereocenters. The number of nitrogens with zero attached hydrogens (tertiary/aromatic N) is 1. The molecule has 2 aromatic carbocycles. The van der Waals surface area contributed by atoms with E-state index in [0.717, 1.165) is 5.56 Å². The average molecular weight is 639 g/mol. The summed E-state index contributed by atoms with van der Waals surface area (Å²) < 4.78 is 5.28. The van der Waals surface area contributed by atoms with Gasteiger partial charge < -0.3 is 30.7 Å². The van der Waals surface area contributed by atoms with E-state index in [-0.39, 0.29) is 41.9 Å². The first kappa shape index (κ1) is 38.3. The lowest BCUT2D eigenvalue weighted by Gasteiger charge is -2.29. The van der Waals surface area contributed by atoms with Gasteiger partial charge in [-0.25, -0.2) is 0 Å². The molecule has 0 saturated carbocycles. The summed E-state index contributed by atoms with van der Waals surface area (Å²) in [6, 6.07) is 12.6. The van der Waals surface area contributed by atoms with Crippen LogP contribution in [0.15, 0.2) is 48.5 Å². The topological polar surface area (TPSA) is 137 Å². The number of rotatable bonds is 17. The number of aliphatic hydroxyl groups excluding tert-OH is 1. The second-order valence-electron chi connectivity index (χ2n) is 13.4. The molecule has 4 unspecified atom stereocenters. The van der Waals surface area contributed by atoms with Crippen molar-refractivity contribution in [2.24, 2.45) is 23.7 Å². The zero-order chi connectivity index (χ0) is 34.6. The van der Waals surface area contributed by atoms with Gasteiger partial charge in [0.1, 0.15) is 11.8 Å². The van der Waals surface area contributed by atoms with E-state index in [1.807, 2.05) is 65.8 Å². The summed E-state index contributed by atoms with van der Waals surface area (Å²) in [6.07, 6.45) is -0.441. The van der Waals surface area contributed by atoms with Gasteiger partial charge in [-0.05, 0) is 66.5 Å². The lowest BCUT2D eigenvalue weighted by molar-refractivity contribution is -0.132. The SMILES string of the molecule is COc1cccc(CN(C)C(=O)c2cccc(C(=O)NC(CC(C)C)C(O)CC(C)C(=O)NC(C(=O)NCC(C)C)C(C)C)c2)c1. The Morgan fingerprint density at radius 2 is 1.48 bits per heavy atom. The second kappa shape index (κ2) is 18.3. The largest absolute Gasteiger partial charge is 0.497 e. The molecule has 2 rings (SSSR count). The van der Waals surface area contributed by atoms with Gasteiger partial charge in [0.2, 0.25) is 11.8 Å². The van der Waals surface area contributed by atoms with E-state index >= 15 is 0 Å². The maximum atomic E-state index is 13.4. The predicted molar refractivity (Wildman–Crippen MR) is 180 cm³/mol. The third-order valence-electron chi connectivity index (χ3n) is 7.75. The summed E-state index contributed by atoms with van der Waals surface area (Å²) in [5.74, 6) is -0.830. The Balaban J connectivity index is 2.09. The first-order valence-electron chi connectivity index (χ1n) is 16.2. The lowest BCUT2D eigenvalue weighted by atomic mass is 9.91. The second-order valence-corrected chi connectivity index (χ2v) is 13.4. The fourth-order valence-corrected chi connectivity index (χ4v) is 5.08. The highest BCUT2D eigenvalue weighted by Gasteiger charge is 2.30. The molecule has 2 aromatic rings. The van der Waals surface area contributed by atoms with Crippen molar-refractivity contribution in [3.05, 3.63) is 65.2 Å².